The quantitative estimate of drug-likeness (QED) is 0.300. The SMILES string of the molecule is O=P(O)(O)OC[C@H]1O[C@](O)(F)[C@H](O)[C@@H](O)[C@@H]1O. The molecule has 6 N–H and O–H groups in total. The van der Waals surface area contributed by atoms with Gasteiger partial charge in [0.2, 0.25) is 0 Å². The summed E-state index contributed by atoms with van der Waals surface area (Å²) in [5.74, 6) is 0. The van der Waals surface area contributed by atoms with Crippen LogP contribution in [-0.2, 0) is 13.8 Å². The molecule has 1 saturated heterocycles. The third-order valence-electron chi connectivity index (χ3n) is 2.14. The summed E-state index contributed by atoms with van der Waals surface area (Å²) in [6, 6.07) is -3.65. The van der Waals surface area contributed by atoms with Crippen LogP contribution in [0.4, 0.5) is 4.39 Å². The third kappa shape index (κ3) is 3.65. The zero-order valence-electron chi connectivity index (χ0n) is 8.25. The number of hydrogen-bond acceptors (Lipinski definition) is 7. The van der Waals surface area contributed by atoms with Crippen molar-refractivity contribution in [3.8, 4) is 0 Å². The summed E-state index contributed by atoms with van der Waals surface area (Å²) in [4.78, 5) is 16.7. The van der Waals surface area contributed by atoms with E-state index in [0.717, 1.165) is 0 Å². The molecule has 5 atom stereocenters. The molecule has 1 rings (SSSR count). The molecule has 0 aromatic heterocycles. The van der Waals surface area contributed by atoms with Gasteiger partial charge >= 0.3 is 13.9 Å². The Morgan fingerprint density at radius 3 is 2.29 bits per heavy atom. The minimum absolute atomic E-state index is 0.985. The molecule has 0 spiro atoms. The molecule has 1 aliphatic heterocycles. The van der Waals surface area contributed by atoms with Gasteiger partial charge in [-0.25, -0.2) is 4.57 Å². The molecule has 0 saturated carbocycles. The van der Waals surface area contributed by atoms with Crippen molar-refractivity contribution < 1.29 is 48.4 Å². The lowest BCUT2D eigenvalue weighted by atomic mass is 9.98. The van der Waals surface area contributed by atoms with Crippen molar-refractivity contribution in [3.63, 3.8) is 0 Å². The zero-order chi connectivity index (χ0) is 13.4. The first-order valence-electron chi connectivity index (χ1n) is 4.38. The third-order valence-corrected chi connectivity index (χ3v) is 2.63. The van der Waals surface area contributed by atoms with E-state index >= 15 is 0 Å². The zero-order valence-corrected chi connectivity index (χ0v) is 9.14. The summed E-state index contributed by atoms with van der Waals surface area (Å²) in [7, 11) is -4.87. The highest BCUT2D eigenvalue weighted by Gasteiger charge is 2.54. The number of phosphoric acid groups is 1. The molecule has 0 radical (unpaired) electrons. The first-order chi connectivity index (χ1) is 7.54. The standard InChI is InChI=1S/C6H12FO9P/c7-6(11)5(10)4(9)3(8)2(16-6)1-15-17(12,13)14/h2-5,8-11H,1H2,(H2,12,13,14)/t2-,3-,4+,5-,6+/m1/s1. The maximum absolute atomic E-state index is 13.1. The molecule has 102 valence electrons. The Balaban J connectivity index is 2.70. The van der Waals surface area contributed by atoms with Crippen molar-refractivity contribution in [3.05, 3.63) is 0 Å². The van der Waals surface area contributed by atoms with Gasteiger partial charge in [0, 0.05) is 0 Å². The van der Waals surface area contributed by atoms with Crippen LogP contribution in [0.25, 0.3) is 0 Å². The average molecular weight is 278 g/mol. The Kier molecular flexibility index (Phi) is 4.24. The number of aliphatic hydroxyl groups is 4. The summed E-state index contributed by atoms with van der Waals surface area (Å²) in [6.07, 6.45) is -8.14. The lowest BCUT2D eigenvalue weighted by molar-refractivity contribution is -0.403. The Hall–Kier alpha value is -0.160. The number of ether oxygens (including phenoxy) is 1. The minimum atomic E-state index is -4.87. The molecule has 1 aliphatic rings. The number of hydrogen-bond donors (Lipinski definition) is 6. The molecule has 0 aliphatic carbocycles. The molecule has 0 aromatic carbocycles. The van der Waals surface area contributed by atoms with E-state index in [0.29, 0.717) is 0 Å². The van der Waals surface area contributed by atoms with E-state index in [2.05, 4.69) is 9.26 Å². The van der Waals surface area contributed by atoms with Gasteiger partial charge in [-0.3, -0.25) is 4.52 Å². The van der Waals surface area contributed by atoms with E-state index in [4.69, 9.17) is 25.1 Å². The molecular weight excluding hydrogens is 266 g/mol. The molecule has 9 nitrogen and oxygen atoms in total. The number of aliphatic hydroxyl groups excluding tert-OH is 3. The van der Waals surface area contributed by atoms with Gasteiger partial charge in [-0.05, 0) is 0 Å². The van der Waals surface area contributed by atoms with E-state index in [1.807, 2.05) is 0 Å². The second-order valence-corrected chi connectivity index (χ2v) is 4.72. The van der Waals surface area contributed by atoms with Crippen LogP contribution in [-0.4, -0.2) is 67.3 Å². The normalized spacial score (nSPS) is 43.7. The highest BCUT2D eigenvalue weighted by Crippen LogP contribution is 2.37. The first-order valence-corrected chi connectivity index (χ1v) is 5.91. The summed E-state index contributed by atoms with van der Waals surface area (Å²) < 4.78 is 31.5. The van der Waals surface area contributed by atoms with Crippen molar-refractivity contribution in [2.24, 2.45) is 0 Å². The molecular formula is C6H12FO9P. The second-order valence-electron chi connectivity index (χ2n) is 3.48. The first kappa shape index (κ1) is 14.9. The van der Waals surface area contributed by atoms with Gasteiger partial charge in [0.15, 0.2) is 6.10 Å². The van der Waals surface area contributed by atoms with Gasteiger partial charge in [-0.1, -0.05) is 0 Å². The highest BCUT2D eigenvalue weighted by atomic mass is 31.2. The Morgan fingerprint density at radius 2 is 1.82 bits per heavy atom. The van der Waals surface area contributed by atoms with Crippen LogP contribution >= 0.6 is 7.82 Å². The van der Waals surface area contributed by atoms with Gasteiger partial charge in [0.25, 0.3) is 0 Å². The molecule has 1 fully saturated rings. The Labute approximate surface area is 94.3 Å². The van der Waals surface area contributed by atoms with Crippen molar-refractivity contribution >= 4 is 7.82 Å². The van der Waals surface area contributed by atoms with E-state index in [-0.39, 0.29) is 0 Å². The largest absolute Gasteiger partial charge is 0.469 e. The summed E-state index contributed by atoms with van der Waals surface area (Å²) in [5.41, 5.74) is 0. The fourth-order valence-corrected chi connectivity index (χ4v) is 1.61. The van der Waals surface area contributed by atoms with E-state index < -0.39 is 44.9 Å². The minimum Gasteiger partial charge on any atom is -0.387 e. The maximum Gasteiger partial charge on any atom is 0.469 e. The predicted molar refractivity (Wildman–Crippen MR) is 46.9 cm³/mol. The van der Waals surface area contributed by atoms with Crippen LogP contribution in [0.15, 0.2) is 0 Å². The van der Waals surface area contributed by atoms with Crippen LogP contribution in [0.2, 0.25) is 0 Å². The molecule has 11 heteroatoms. The molecule has 0 aromatic rings. The van der Waals surface area contributed by atoms with Crippen molar-refractivity contribution in [1.29, 1.82) is 0 Å². The van der Waals surface area contributed by atoms with E-state index in [9.17, 15) is 14.1 Å². The summed E-state index contributed by atoms with van der Waals surface area (Å²) >= 11 is 0. The maximum atomic E-state index is 13.1. The van der Waals surface area contributed by atoms with Crippen LogP contribution in [0.1, 0.15) is 0 Å². The van der Waals surface area contributed by atoms with Crippen LogP contribution < -0.4 is 0 Å². The Bertz CT molecular complexity index is 317. The van der Waals surface area contributed by atoms with Crippen LogP contribution in [0.3, 0.4) is 0 Å². The lowest BCUT2D eigenvalue weighted by Gasteiger charge is -2.40. The van der Waals surface area contributed by atoms with Crippen LogP contribution in [0.5, 0.6) is 0 Å². The van der Waals surface area contributed by atoms with Gasteiger partial charge < -0.3 is 34.9 Å². The highest BCUT2D eigenvalue weighted by molar-refractivity contribution is 7.46. The fraction of sp³-hybridized carbons (Fsp3) is 1.00. The molecule has 0 bridgehead atoms. The van der Waals surface area contributed by atoms with Crippen molar-refractivity contribution in [2.75, 3.05) is 6.61 Å². The monoisotopic (exact) mass is 278 g/mol. The van der Waals surface area contributed by atoms with E-state index in [1.54, 1.807) is 0 Å². The number of halogens is 1. The van der Waals surface area contributed by atoms with Gasteiger partial charge in [0.1, 0.15) is 18.3 Å². The topological polar surface area (TPSA) is 157 Å². The fourth-order valence-electron chi connectivity index (χ4n) is 1.27. The van der Waals surface area contributed by atoms with Crippen molar-refractivity contribution in [2.45, 2.75) is 30.5 Å². The summed E-state index contributed by atoms with van der Waals surface area (Å²) in [5, 5.41) is 36.3. The van der Waals surface area contributed by atoms with Crippen molar-refractivity contribution in [1.82, 2.24) is 0 Å². The predicted octanol–water partition coefficient (Wildman–Crippen LogP) is -2.81. The molecule has 0 amide bonds. The molecule has 17 heavy (non-hydrogen) atoms. The number of phosphoric ester groups is 1. The summed E-state index contributed by atoms with van der Waals surface area (Å²) in [6.45, 7) is -0.985. The Morgan fingerprint density at radius 1 is 1.29 bits per heavy atom. The van der Waals surface area contributed by atoms with Crippen LogP contribution in [0, 0.1) is 0 Å². The molecule has 0 unspecified atom stereocenters. The second kappa shape index (κ2) is 4.84. The lowest BCUT2D eigenvalue weighted by Crippen LogP contribution is -2.63. The smallest absolute Gasteiger partial charge is 0.387 e. The number of rotatable bonds is 3. The van der Waals surface area contributed by atoms with Gasteiger partial charge in [0.05, 0.1) is 6.61 Å². The van der Waals surface area contributed by atoms with E-state index in [1.165, 1.54) is 0 Å². The average Bonchev–Trinajstić information content (AvgIpc) is 2.17. The van der Waals surface area contributed by atoms with Gasteiger partial charge in [-0.2, -0.15) is 4.39 Å². The van der Waals surface area contributed by atoms with Gasteiger partial charge in [-0.15, -0.1) is 0 Å². The number of alkyl halides is 1. The molecule has 1 heterocycles.